The maximum absolute atomic E-state index is 6.89. The minimum absolute atomic E-state index is 0.0427. The molecule has 1 aliphatic rings. The summed E-state index contributed by atoms with van der Waals surface area (Å²) in [6.07, 6.45) is 4.05. The van der Waals surface area contributed by atoms with Crippen LogP contribution in [0.25, 0.3) is 22.3 Å². The number of nitrogens with one attached hydrogen (secondary N) is 2. The number of hydrogen-bond donors (Lipinski definition) is 2. The number of pyridine rings is 1. The zero-order chi connectivity index (χ0) is 31.6. The fourth-order valence-corrected chi connectivity index (χ4v) is 7.13. The van der Waals surface area contributed by atoms with E-state index in [0.717, 1.165) is 71.6 Å². The molecule has 0 aliphatic carbocycles. The summed E-state index contributed by atoms with van der Waals surface area (Å²) in [5, 5.41) is 12.7. The summed E-state index contributed by atoms with van der Waals surface area (Å²) in [7, 11) is -1.95. The average molecular weight is 674 g/mol. The lowest BCUT2D eigenvalue weighted by Crippen LogP contribution is -2.45. The number of aromatic nitrogens is 3. The van der Waals surface area contributed by atoms with Crippen LogP contribution in [0.2, 0.25) is 18.1 Å². The van der Waals surface area contributed by atoms with Crippen molar-refractivity contribution in [3.63, 3.8) is 0 Å². The first-order chi connectivity index (χ1) is 20.1. The van der Waals surface area contributed by atoms with Gasteiger partial charge in [-0.05, 0) is 83.2 Å². The second kappa shape index (κ2) is 13.6. The molecule has 0 amide bonds. The summed E-state index contributed by atoms with van der Waals surface area (Å²) in [5.74, 6) is 1.07. The van der Waals surface area contributed by atoms with Crippen molar-refractivity contribution in [1.29, 1.82) is 0 Å². The van der Waals surface area contributed by atoms with E-state index in [4.69, 9.17) is 18.9 Å². The molecule has 4 rings (SSSR count). The van der Waals surface area contributed by atoms with Crippen molar-refractivity contribution in [2.45, 2.75) is 117 Å². The van der Waals surface area contributed by atoms with Gasteiger partial charge in [0.25, 0.3) is 0 Å². The van der Waals surface area contributed by atoms with Crippen molar-refractivity contribution in [3.8, 4) is 17.0 Å². The molecule has 2 N–H and O–H groups in total. The number of nitrogens with zero attached hydrogens (tertiary/aromatic N) is 2. The summed E-state index contributed by atoms with van der Waals surface area (Å²) in [6, 6.07) is 8.68. The van der Waals surface area contributed by atoms with Gasteiger partial charge in [0, 0.05) is 30.4 Å². The normalized spacial score (nSPS) is 16.2. The van der Waals surface area contributed by atoms with Gasteiger partial charge in [0.2, 0.25) is 0 Å². The Morgan fingerprint density at radius 3 is 2.44 bits per heavy atom. The largest absolute Gasteiger partial charge is 0.491 e. The van der Waals surface area contributed by atoms with Gasteiger partial charge in [0.05, 0.1) is 22.9 Å². The van der Waals surface area contributed by atoms with Gasteiger partial charge in [-0.2, -0.15) is 5.10 Å². The first kappa shape index (κ1) is 33.9. The lowest BCUT2D eigenvalue weighted by Gasteiger charge is -2.39. The van der Waals surface area contributed by atoms with Crippen LogP contribution in [0.4, 0.5) is 5.69 Å². The summed E-state index contributed by atoms with van der Waals surface area (Å²) in [4.78, 5) is 5.10. The number of fused-ring (bicyclic) bond motifs is 1. The quantitative estimate of drug-likeness (QED) is 0.197. The number of anilines is 1. The molecule has 1 fully saturated rings. The van der Waals surface area contributed by atoms with Crippen LogP contribution in [-0.2, 0) is 9.16 Å². The van der Waals surface area contributed by atoms with E-state index < -0.39 is 8.32 Å². The highest BCUT2D eigenvalue weighted by molar-refractivity contribution is 9.10. The van der Waals surface area contributed by atoms with Gasteiger partial charge in [0.15, 0.2) is 14.0 Å². The molecule has 0 spiro atoms. The van der Waals surface area contributed by atoms with Crippen molar-refractivity contribution in [2.24, 2.45) is 5.41 Å². The lowest BCUT2D eigenvalue weighted by molar-refractivity contribution is 0.0904. The Kier molecular flexibility index (Phi) is 10.7. The van der Waals surface area contributed by atoms with Crippen molar-refractivity contribution < 1.29 is 13.9 Å². The van der Waals surface area contributed by atoms with E-state index in [1.807, 2.05) is 6.07 Å². The van der Waals surface area contributed by atoms with Crippen LogP contribution in [0.1, 0.15) is 92.6 Å². The third-order valence-corrected chi connectivity index (χ3v) is 14.0. The van der Waals surface area contributed by atoms with Crippen LogP contribution in [-0.4, -0.2) is 55.5 Å². The van der Waals surface area contributed by atoms with Crippen molar-refractivity contribution in [2.75, 3.05) is 25.1 Å². The molecule has 1 atom stereocenters. The topological polar surface area (TPSA) is 81.3 Å². The third-order valence-electron chi connectivity index (χ3n) is 8.87. The Balaban J connectivity index is 1.66. The van der Waals surface area contributed by atoms with Gasteiger partial charge >= 0.3 is 0 Å². The summed E-state index contributed by atoms with van der Waals surface area (Å²) >= 11 is 3.70. The lowest BCUT2D eigenvalue weighted by atomic mass is 9.89. The van der Waals surface area contributed by atoms with E-state index in [0.29, 0.717) is 18.3 Å². The van der Waals surface area contributed by atoms with Crippen molar-refractivity contribution in [3.05, 3.63) is 34.4 Å². The van der Waals surface area contributed by atoms with E-state index >= 15 is 0 Å². The monoisotopic (exact) mass is 672 g/mol. The van der Waals surface area contributed by atoms with Gasteiger partial charge < -0.3 is 19.2 Å². The Morgan fingerprint density at radius 1 is 1.12 bits per heavy atom. The zero-order valence-corrected chi connectivity index (χ0v) is 30.6. The molecule has 9 heteroatoms. The molecule has 2 aromatic heterocycles. The van der Waals surface area contributed by atoms with Gasteiger partial charge in [-0.25, -0.2) is 4.98 Å². The maximum atomic E-state index is 6.89. The Hall–Kier alpha value is -1.94. The molecular weight excluding hydrogens is 620 g/mol. The predicted molar refractivity (Wildman–Crippen MR) is 185 cm³/mol. The molecule has 0 radical (unpaired) electrons. The standard InChI is InChI=1S/C34H53BrN4O3Si/c1-22(2)27-29(37-32-28(31(35)38-39-32)30(27)36-24-15-18-40-19-16-24)23-12-11-13-25(20-23)41-21-26(14-17-33(3,4)5)42-43(9,10)34(6,7)8/h11-13,20,22,24,26H,14-19,21H2,1-10H3,(H2,36,37,38,39). The molecule has 3 heterocycles. The number of ether oxygens (including phenoxy) is 2. The minimum atomic E-state index is -1.95. The second-order valence-corrected chi connectivity index (χ2v) is 20.7. The molecule has 1 saturated heterocycles. The van der Waals surface area contributed by atoms with Gasteiger partial charge in [-0.1, -0.05) is 67.5 Å². The van der Waals surface area contributed by atoms with Crippen LogP contribution < -0.4 is 10.1 Å². The predicted octanol–water partition coefficient (Wildman–Crippen LogP) is 9.70. The molecule has 1 aliphatic heterocycles. The van der Waals surface area contributed by atoms with E-state index in [-0.39, 0.29) is 22.5 Å². The summed E-state index contributed by atoms with van der Waals surface area (Å²) in [6.45, 7) is 24.9. The highest BCUT2D eigenvalue weighted by Gasteiger charge is 2.39. The van der Waals surface area contributed by atoms with Crippen molar-refractivity contribution in [1.82, 2.24) is 15.2 Å². The average Bonchev–Trinajstić information content (AvgIpc) is 3.30. The highest BCUT2D eigenvalue weighted by Crippen LogP contribution is 2.42. The third kappa shape index (κ3) is 8.62. The SMILES string of the molecule is CC(C)c1c(-c2cccc(OCC(CCC(C)(C)C)O[Si](C)(C)C(C)(C)C)c2)nc2n[nH]c(Br)c2c1NC1CCOCC1. The molecule has 1 aromatic carbocycles. The zero-order valence-electron chi connectivity index (χ0n) is 28.0. The van der Waals surface area contributed by atoms with Gasteiger partial charge in [-0.15, -0.1) is 0 Å². The molecule has 0 bridgehead atoms. The van der Waals surface area contributed by atoms with Crippen LogP contribution in [0, 0.1) is 5.41 Å². The minimum Gasteiger partial charge on any atom is -0.491 e. The number of hydrogen-bond acceptors (Lipinski definition) is 6. The van der Waals surface area contributed by atoms with Gasteiger partial charge in [-0.3, -0.25) is 5.10 Å². The van der Waals surface area contributed by atoms with E-state index in [1.165, 1.54) is 5.56 Å². The number of benzene rings is 1. The Morgan fingerprint density at radius 2 is 1.81 bits per heavy atom. The molecular formula is C34H53BrN4O3Si. The highest BCUT2D eigenvalue weighted by atomic mass is 79.9. The van der Waals surface area contributed by atoms with Gasteiger partial charge in [0.1, 0.15) is 17.0 Å². The van der Waals surface area contributed by atoms with Crippen molar-refractivity contribution >= 4 is 41.0 Å². The maximum Gasteiger partial charge on any atom is 0.192 e. The first-order valence-electron chi connectivity index (χ1n) is 15.9. The first-order valence-corrected chi connectivity index (χ1v) is 19.6. The molecule has 238 valence electrons. The molecule has 43 heavy (non-hydrogen) atoms. The Bertz CT molecular complexity index is 1370. The van der Waals surface area contributed by atoms with E-state index in [1.54, 1.807) is 0 Å². The summed E-state index contributed by atoms with van der Waals surface area (Å²) in [5.41, 5.74) is 5.17. The number of halogens is 1. The van der Waals surface area contributed by atoms with Crippen LogP contribution in [0.15, 0.2) is 28.9 Å². The van der Waals surface area contributed by atoms with Crippen LogP contribution in [0.3, 0.4) is 0 Å². The summed E-state index contributed by atoms with van der Waals surface area (Å²) < 4.78 is 19.9. The fraction of sp³-hybridized carbons (Fsp3) is 0.647. The molecule has 7 nitrogen and oxygen atoms in total. The smallest absolute Gasteiger partial charge is 0.192 e. The second-order valence-electron chi connectivity index (χ2n) is 15.1. The van der Waals surface area contributed by atoms with Crippen LogP contribution >= 0.6 is 15.9 Å². The molecule has 0 saturated carbocycles. The number of aromatic amines is 1. The number of rotatable bonds is 11. The molecule has 3 aromatic rings. The van der Waals surface area contributed by atoms with E-state index in [9.17, 15) is 0 Å². The Labute approximate surface area is 268 Å². The molecule has 1 unspecified atom stereocenters. The number of H-pyrrole nitrogens is 1. The van der Waals surface area contributed by atoms with E-state index in [2.05, 4.69) is 118 Å². The van der Waals surface area contributed by atoms with Crippen LogP contribution in [0.5, 0.6) is 5.75 Å². The fourth-order valence-electron chi connectivity index (χ4n) is 5.30.